The van der Waals surface area contributed by atoms with E-state index in [1.54, 1.807) is 12.3 Å². The lowest BCUT2D eigenvalue weighted by Gasteiger charge is -2.05. The van der Waals surface area contributed by atoms with E-state index in [-0.39, 0.29) is 5.75 Å². The maximum Gasteiger partial charge on any atom is 0.227 e. The number of phenols is 1. The van der Waals surface area contributed by atoms with Crippen LogP contribution in [0.4, 0.5) is 5.69 Å². The molecule has 4 aromatic carbocycles. The van der Waals surface area contributed by atoms with E-state index >= 15 is 0 Å². The Morgan fingerprint density at radius 1 is 0.806 bits per heavy atom. The van der Waals surface area contributed by atoms with Crippen LogP contribution in [0.15, 0.2) is 106 Å². The topological polar surface area (TPSA) is 58.6 Å². The standard InChI is InChI=1S/C27H20N2O2/c30-25-13-11-20(15-19-7-3-1-4-8-19)16-22(25)18-28-23-12-14-26-24(17-23)29-27(31-26)21-9-5-2-6-10-21/h1-14,16-18,30H,15H2. The molecule has 4 heteroatoms. The first kappa shape index (κ1) is 18.8. The van der Waals surface area contributed by atoms with Crippen LogP contribution in [0.1, 0.15) is 16.7 Å². The van der Waals surface area contributed by atoms with Crippen molar-refractivity contribution in [2.75, 3.05) is 0 Å². The molecule has 4 nitrogen and oxygen atoms in total. The van der Waals surface area contributed by atoms with Crippen molar-refractivity contribution < 1.29 is 9.52 Å². The van der Waals surface area contributed by atoms with Crippen molar-refractivity contribution in [1.29, 1.82) is 0 Å². The van der Waals surface area contributed by atoms with E-state index in [0.717, 1.165) is 28.8 Å². The molecule has 1 heterocycles. The lowest BCUT2D eigenvalue weighted by molar-refractivity contribution is 0.474. The molecule has 31 heavy (non-hydrogen) atoms. The number of nitrogens with zero attached hydrogens (tertiary/aromatic N) is 2. The summed E-state index contributed by atoms with van der Waals surface area (Å²) in [5.41, 5.74) is 6.16. The molecule has 1 N–H and O–H groups in total. The minimum atomic E-state index is 0.203. The van der Waals surface area contributed by atoms with Gasteiger partial charge in [0, 0.05) is 17.3 Å². The van der Waals surface area contributed by atoms with Crippen LogP contribution < -0.4 is 0 Å². The van der Waals surface area contributed by atoms with Crippen LogP contribution in [0.25, 0.3) is 22.6 Å². The normalized spacial score (nSPS) is 11.4. The van der Waals surface area contributed by atoms with Gasteiger partial charge in [0.25, 0.3) is 0 Å². The molecule has 1 aromatic heterocycles. The molecule has 0 unspecified atom stereocenters. The minimum Gasteiger partial charge on any atom is -0.507 e. The molecular weight excluding hydrogens is 384 g/mol. The number of aliphatic imine (C=N–C) groups is 1. The van der Waals surface area contributed by atoms with Gasteiger partial charge >= 0.3 is 0 Å². The molecule has 0 spiro atoms. The number of aromatic hydroxyl groups is 1. The fourth-order valence-electron chi connectivity index (χ4n) is 3.49. The third-order valence-corrected chi connectivity index (χ3v) is 5.09. The predicted octanol–water partition coefficient (Wildman–Crippen LogP) is 6.54. The second kappa shape index (κ2) is 8.28. The number of oxazole rings is 1. The summed E-state index contributed by atoms with van der Waals surface area (Å²) in [5.74, 6) is 0.789. The van der Waals surface area contributed by atoms with Crippen molar-refractivity contribution in [1.82, 2.24) is 4.98 Å². The second-order valence-corrected chi connectivity index (χ2v) is 7.35. The highest BCUT2D eigenvalue weighted by Crippen LogP contribution is 2.27. The van der Waals surface area contributed by atoms with Crippen molar-refractivity contribution in [3.63, 3.8) is 0 Å². The highest BCUT2D eigenvalue weighted by atomic mass is 16.3. The second-order valence-electron chi connectivity index (χ2n) is 7.35. The van der Waals surface area contributed by atoms with Gasteiger partial charge in [-0.25, -0.2) is 4.98 Å². The molecule has 0 saturated heterocycles. The molecule has 5 rings (SSSR count). The maximum atomic E-state index is 10.3. The fourth-order valence-corrected chi connectivity index (χ4v) is 3.49. The maximum absolute atomic E-state index is 10.3. The summed E-state index contributed by atoms with van der Waals surface area (Å²) < 4.78 is 5.86. The summed E-state index contributed by atoms with van der Waals surface area (Å²) in [5, 5.41) is 10.3. The van der Waals surface area contributed by atoms with E-state index < -0.39 is 0 Å². The summed E-state index contributed by atoms with van der Waals surface area (Å²) in [6.07, 6.45) is 2.48. The first-order valence-corrected chi connectivity index (χ1v) is 10.1. The summed E-state index contributed by atoms with van der Waals surface area (Å²) in [6, 6.07) is 31.3. The molecule has 0 bridgehead atoms. The van der Waals surface area contributed by atoms with Crippen molar-refractivity contribution in [3.05, 3.63) is 114 Å². The van der Waals surface area contributed by atoms with Crippen LogP contribution in [0.2, 0.25) is 0 Å². The molecule has 5 aromatic rings. The van der Waals surface area contributed by atoms with Gasteiger partial charge in [0.2, 0.25) is 5.89 Å². The quantitative estimate of drug-likeness (QED) is 0.338. The molecule has 0 radical (unpaired) electrons. The number of benzene rings is 4. The van der Waals surface area contributed by atoms with E-state index in [2.05, 4.69) is 22.1 Å². The van der Waals surface area contributed by atoms with Crippen LogP contribution in [-0.2, 0) is 6.42 Å². The van der Waals surface area contributed by atoms with E-state index in [9.17, 15) is 5.11 Å². The Bertz CT molecular complexity index is 1360. The highest BCUT2D eigenvalue weighted by Gasteiger charge is 2.08. The fraction of sp³-hybridized carbons (Fsp3) is 0.0370. The average molecular weight is 404 g/mol. The molecule has 150 valence electrons. The van der Waals surface area contributed by atoms with E-state index in [1.807, 2.05) is 78.9 Å². The van der Waals surface area contributed by atoms with Crippen molar-refractivity contribution in [2.24, 2.45) is 4.99 Å². The van der Waals surface area contributed by atoms with Gasteiger partial charge in [-0.1, -0.05) is 54.6 Å². The number of phenolic OH excluding ortho intramolecular Hbond substituents is 1. The van der Waals surface area contributed by atoms with Crippen LogP contribution in [-0.4, -0.2) is 16.3 Å². The number of aromatic nitrogens is 1. The van der Waals surface area contributed by atoms with Crippen molar-refractivity contribution >= 4 is 23.0 Å². The minimum absolute atomic E-state index is 0.203. The smallest absolute Gasteiger partial charge is 0.227 e. The Morgan fingerprint density at radius 2 is 1.58 bits per heavy atom. The molecule has 0 atom stereocenters. The number of fused-ring (bicyclic) bond motifs is 1. The summed E-state index contributed by atoms with van der Waals surface area (Å²) >= 11 is 0. The van der Waals surface area contributed by atoms with Gasteiger partial charge in [0.15, 0.2) is 5.58 Å². The van der Waals surface area contributed by atoms with Crippen LogP contribution in [0, 0.1) is 0 Å². The summed E-state index contributed by atoms with van der Waals surface area (Å²) in [6.45, 7) is 0. The highest BCUT2D eigenvalue weighted by molar-refractivity contribution is 5.87. The average Bonchev–Trinajstić information content (AvgIpc) is 3.24. The van der Waals surface area contributed by atoms with Gasteiger partial charge in [-0.05, 0) is 60.0 Å². The van der Waals surface area contributed by atoms with E-state index in [0.29, 0.717) is 17.0 Å². The zero-order valence-electron chi connectivity index (χ0n) is 16.8. The first-order valence-electron chi connectivity index (χ1n) is 10.1. The first-order chi connectivity index (χ1) is 15.2. The lowest BCUT2D eigenvalue weighted by Crippen LogP contribution is -1.91. The molecule has 0 saturated carbocycles. The summed E-state index contributed by atoms with van der Waals surface area (Å²) in [7, 11) is 0. The van der Waals surface area contributed by atoms with Gasteiger partial charge in [0.1, 0.15) is 11.3 Å². The SMILES string of the molecule is Oc1ccc(Cc2ccccc2)cc1C=Nc1ccc2oc(-c3ccccc3)nc2c1. The molecule has 0 aliphatic carbocycles. The number of hydrogen-bond acceptors (Lipinski definition) is 4. The van der Waals surface area contributed by atoms with Gasteiger partial charge in [0.05, 0.1) is 5.69 Å². The van der Waals surface area contributed by atoms with Gasteiger partial charge in [-0.15, -0.1) is 0 Å². The third-order valence-electron chi connectivity index (χ3n) is 5.09. The number of rotatable bonds is 5. The zero-order valence-corrected chi connectivity index (χ0v) is 16.8. The number of hydrogen-bond donors (Lipinski definition) is 1. The van der Waals surface area contributed by atoms with Gasteiger partial charge < -0.3 is 9.52 Å². The van der Waals surface area contributed by atoms with Crippen molar-refractivity contribution in [3.8, 4) is 17.2 Å². The Hall–Kier alpha value is -4.18. The Balaban J connectivity index is 1.40. The van der Waals surface area contributed by atoms with Gasteiger partial charge in [-0.2, -0.15) is 0 Å². The van der Waals surface area contributed by atoms with Gasteiger partial charge in [-0.3, -0.25) is 4.99 Å². The monoisotopic (exact) mass is 404 g/mol. The van der Waals surface area contributed by atoms with E-state index in [1.165, 1.54) is 5.56 Å². The molecule has 0 fully saturated rings. The molecular formula is C27H20N2O2. The summed E-state index contributed by atoms with van der Waals surface area (Å²) in [4.78, 5) is 9.14. The predicted molar refractivity (Wildman–Crippen MR) is 124 cm³/mol. The molecule has 0 amide bonds. The zero-order chi connectivity index (χ0) is 21.0. The van der Waals surface area contributed by atoms with Crippen LogP contribution >= 0.6 is 0 Å². The van der Waals surface area contributed by atoms with Crippen molar-refractivity contribution in [2.45, 2.75) is 6.42 Å². The van der Waals surface area contributed by atoms with Crippen LogP contribution in [0.3, 0.4) is 0 Å². The Kier molecular flexibility index (Phi) is 5.03. The Morgan fingerprint density at radius 3 is 2.39 bits per heavy atom. The largest absolute Gasteiger partial charge is 0.507 e. The molecule has 0 aliphatic heterocycles. The Labute approximate surface area is 180 Å². The third kappa shape index (κ3) is 4.23. The molecule has 0 aliphatic rings. The lowest BCUT2D eigenvalue weighted by atomic mass is 10.0. The van der Waals surface area contributed by atoms with Crippen LogP contribution in [0.5, 0.6) is 5.75 Å². The van der Waals surface area contributed by atoms with E-state index in [4.69, 9.17) is 4.42 Å².